The highest BCUT2D eigenvalue weighted by molar-refractivity contribution is 7.47. The van der Waals surface area contributed by atoms with Crippen LogP contribution in [-0.4, -0.2) is 17.3 Å². The molecule has 0 aliphatic rings. The van der Waals surface area contributed by atoms with Crippen molar-refractivity contribution in [2.45, 2.75) is 58.3 Å². The first kappa shape index (κ1) is 18.8. The zero-order chi connectivity index (χ0) is 16.2. The standard InChI is InChI=1S/C17H26NO3P/c1-2-3-4-5-6-7-8-13-18-17(19)14-15-9-11-16(12-10-15)22(20)21/h9-12H,2-8,13-14H2,1H3,(H-,18,19,20,21)/p+1. The summed E-state index contributed by atoms with van der Waals surface area (Å²) in [6.45, 7) is 2.94. The summed E-state index contributed by atoms with van der Waals surface area (Å²) in [6, 6.07) is 6.65. The number of benzene rings is 1. The number of carbonyl (C=O) groups is 1. The molecule has 1 atom stereocenters. The van der Waals surface area contributed by atoms with Gasteiger partial charge in [-0.2, -0.15) is 4.89 Å². The van der Waals surface area contributed by atoms with E-state index in [1.165, 1.54) is 38.5 Å². The van der Waals surface area contributed by atoms with E-state index in [2.05, 4.69) is 12.2 Å². The second kappa shape index (κ2) is 11.3. The van der Waals surface area contributed by atoms with Gasteiger partial charge in [-0.1, -0.05) is 57.6 Å². The van der Waals surface area contributed by atoms with Crippen molar-refractivity contribution in [2.75, 3.05) is 6.54 Å². The Labute approximate surface area is 134 Å². The van der Waals surface area contributed by atoms with Gasteiger partial charge in [0.2, 0.25) is 11.2 Å². The minimum absolute atomic E-state index is 0.00659. The van der Waals surface area contributed by atoms with E-state index >= 15 is 0 Å². The molecule has 122 valence electrons. The van der Waals surface area contributed by atoms with E-state index in [0.717, 1.165) is 18.5 Å². The zero-order valence-electron chi connectivity index (χ0n) is 13.4. The summed E-state index contributed by atoms with van der Waals surface area (Å²) in [5.41, 5.74) is 0.859. The normalized spacial score (nSPS) is 11.3. The van der Waals surface area contributed by atoms with Crippen molar-refractivity contribution in [1.29, 1.82) is 0 Å². The molecule has 0 aliphatic heterocycles. The van der Waals surface area contributed by atoms with E-state index < -0.39 is 8.03 Å². The molecule has 0 bridgehead atoms. The molecule has 0 aromatic heterocycles. The van der Waals surface area contributed by atoms with Crippen LogP contribution in [0.4, 0.5) is 0 Å². The van der Waals surface area contributed by atoms with Gasteiger partial charge in [0, 0.05) is 6.54 Å². The van der Waals surface area contributed by atoms with Crippen LogP contribution in [0.15, 0.2) is 24.3 Å². The second-order valence-corrected chi connectivity index (χ2v) is 6.65. The van der Waals surface area contributed by atoms with Crippen LogP contribution in [-0.2, 0) is 15.8 Å². The van der Waals surface area contributed by atoms with E-state index in [-0.39, 0.29) is 5.91 Å². The highest BCUT2D eigenvalue weighted by Gasteiger charge is 2.15. The molecule has 5 heteroatoms. The van der Waals surface area contributed by atoms with Gasteiger partial charge in [0.1, 0.15) is 0 Å². The Morgan fingerprint density at radius 1 is 1.05 bits per heavy atom. The van der Waals surface area contributed by atoms with Crippen molar-refractivity contribution in [3.63, 3.8) is 0 Å². The lowest BCUT2D eigenvalue weighted by atomic mass is 10.1. The number of carbonyl (C=O) groups excluding carboxylic acids is 1. The maximum absolute atomic E-state index is 11.8. The van der Waals surface area contributed by atoms with Crippen molar-refractivity contribution in [1.82, 2.24) is 5.32 Å². The van der Waals surface area contributed by atoms with Crippen molar-refractivity contribution < 1.29 is 14.3 Å². The van der Waals surface area contributed by atoms with Crippen molar-refractivity contribution in [3.8, 4) is 0 Å². The van der Waals surface area contributed by atoms with E-state index in [4.69, 9.17) is 4.89 Å². The van der Waals surface area contributed by atoms with Crippen molar-refractivity contribution >= 4 is 19.2 Å². The van der Waals surface area contributed by atoms with Gasteiger partial charge in [0.15, 0.2) is 0 Å². The molecule has 0 saturated heterocycles. The summed E-state index contributed by atoms with van der Waals surface area (Å²) in [6.07, 6.45) is 8.96. The fourth-order valence-corrected chi connectivity index (χ4v) is 2.70. The molecule has 0 spiro atoms. The Morgan fingerprint density at radius 3 is 2.23 bits per heavy atom. The third-order valence-corrected chi connectivity index (χ3v) is 4.36. The Hall–Kier alpha value is -1.25. The van der Waals surface area contributed by atoms with Gasteiger partial charge in [-0.25, -0.2) is 0 Å². The number of hydrogen-bond acceptors (Lipinski definition) is 2. The minimum atomic E-state index is -2.30. The van der Waals surface area contributed by atoms with E-state index in [9.17, 15) is 9.36 Å². The fraction of sp³-hybridized carbons (Fsp3) is 0.588. The van der Waals surface area contributed by atoms with Gasteiger partial charge in [0.25, 0.3) is 0 Å². The summed E-state index contributed by atoms with van der Waals surface area (Å²) < 4.78 is 10.9. The molecule has 0 radical (unpaired) electrons. The maximum atomic E-state index is 11.8. The molecule has 1 aromatic carbocycles. The predicted octanol–water partition coefficient (Wildman–Crippen LogP) is 3.46. The lowest BCUT2D eigenvalue weighted by Gasteiger charge is -2.05. The predicted molar refractivity (Wildman–Crippen MR) is 90.6 cm³/mol. The molecule has 0 aliphatic carbocycles. The van der Waals surface area contributed by atoms with Gasteiger partial charge < -0.3 is 5.32 Å². The third kappa shape index (κ3) is 8.26. The Kier molecular flexibility index (Phi) is 9.69. The second-order valence-electron chi connectivity index (χ2n) is 5.59. The molecule has 0 fully saturated rings. The number of hydrogen-bond donors (Lipinski definition) is 2. The molecule has 2 N–H and O–H groups in total. The van der Waals surface area contributed by atoms with Crippen LogP contribution in [0.2, 0.25) is 0 Å². The Bertz CT molecular complexity index is 459. The summed E-state index contributed by atoms with van der Waals surface area (Å²) in [5.74, 6) is 0.00659. The van der Waals surface area contributed by atoms with Gasteiger partial charge >= 0.3 is 8.03 Å². The lowest BCUT2D eigenvalue weighted by Crippen LogP contribution is -2.26. The summed E-state index contributed by atoms with van der Waals surface area (Å²) in [4.78, 5) is 20.7. The first-order valence-corrected chi connectivity index (χ1v) is 9.36. The van der Waals surface area contributed by atoms with Gasteiger partial charge in [-0.05, 0) is 28.7 Å². The summed E-state index contributed by atoms with van der Waals surface area (Å²) in [7, 11) is -2.30. The number of unbranched alkanes of at least 4 members (excludes halogenated alkanes) is 6. The third-order valence-electron chi connectivity index (χ3n) is 3.62. The van der Waals surface area contributed by atoms with Crippen LogP contribution in [0.25, 0.3) is 0 Å². The molecule has 0 heterocycles. The van der Waals surface area contributed by atoms with Crippen LogP contribution < -0.4 is 10.6 Å². The lowest BCUT2D eigenvalue weighted by molar-refractivity contribution is -0.120. The average Bonchev–Trinajstić information content (AvgIpc) is 2.50. The van der Waals surface area contributed by atoms with Crippen LogP contribution in [0, 0.1) is 0 Å². The largest absolute Gasteiger partial charge is 0.546 e. The zero-order valence-corrected chi connectivity index (χ0v) is 14.3. The summed E-state index contributed by atoms with van der Waals surface area (Å²) in [5, 5.41) is 3.32. The molecule has 1 rings (SSSR count). The first-order chi connectivity index (χ1) is 10.6. The molecule has 1 aromatic rings. The van der Waals surface area contributed by atoms with Crippen LogP contribution in [0.1, 0.15) is 57.4 Å². The number of rotatable bonds is 11. The molecular weight excluding hydrogens is 297 g/mol. The van der Waals surface area contributed by atoms with Gasteiger partial charge in [-0.15, -0.1) is 0 Å². The fourth-order valence-electron chi connectivity index (χ4n) is 2.30. The molecule has 4 nitrogen and oxygen atoms in total. The van der Waals surface area contributed by atoms with Crippen LogP contribution in [0.3, 0.4) is 0 Å². The van der Waals surface area contributed by atoms with Crippen molar-refractivity contribution in [2.24, 2.45) is 0 Å². The summed E-state index contributed by atoms with van der Waals surface area (Å²) >= 11 is 0. The smallest absolute Gasteiger partial charge is 0.356 e. The molecule has 0 saturated carbocycles. The van der Waals surface area contributed by atoms with E-state index in [1.54, 1.807) is 24.3 Å². The Balaban J connectivity index is 2.12. The maximum Gasteiger partial charge on any atom is 0.546 e. The monoisotopic (exact) mass is 324 g/mol. The quantitative estimate of drug-likeness (QED) is 0.484. The number of amides is 1. The highest BCUT2D eigenvalue weighted by atomic mass is 31.1. The Morgan fingerprint density at radius 2 is 1.64 bits per heavy atom. The highest BCUT2D eigenvalue weighted by Crippen LogP contribution is 2.13. The molecule has 1 amide bonds. The first-order valence-electron chi connectivity index (χ1n) is 8.15. The SMILES string of the molecule is CCCCCCCCCNC(=O)Cc1ccc([P+](=O)O)cc1. The van der Waals surface area contributed by atoms with Crippen LogP contribution in [0.5, 0.6) is 0 Å². The molecular formula is C17H27NO3P+. The van der Waals surface area contributed by atoms with E-state index in [0.29, 0.717) is 11.7 Å². The van der Waals surface area contributed by atoms with Gasteiger partial charge in [-0.3, -0.25) is 4.79 Å². The average molecular weight is 324 g/mol. The number of nitrogens with one attached hydrogen (secondary N) is 1. The minimum Gasteiger partial charge on any atom is -0.356 e. The topological polar surface area (TPSA) is 66.4 Å². The van der Waals surface area contributed by atoms with Crippen molar-refractivity contribution in [3.05, 3.63) is 29.8 Å². The van der Waals surface area contributed by atoms with E-state index in [1.807, 2.05) is 0 Å². The molecule has 1 unspecified atom stereocenters. The van der Waals surface area contributed by atoms with Gasteiger partial charge in [0.05, 0.1) is 6.42 Å². The van der Waals surface area contributed by atoms with Crippen LogP contribution >= 0.6 is 8.03 Å². The molecule has 22 heavy (non-hydrogen) atoms.